The van der Waals surface area contributed by atoms with Gasteiger partial charge in [0.15, 0.2) is 0 Å². The highest BCUT2D eigenvalue weighted by molar-refractivity contribution is 5.47. The molecule has 1 aromatic carbocycles. The lowest BCUT2D eigenvalue weighted by atomic mass is 10.3. The molecule has 0 aliphatic rings. The number of non-ortho nitro benzene ring substituents is 1. The number of aromatic nitrogens is 1. The number of pyridine rings is 1. The number of rotatable bonds is 4. The minimum atomic E-state index is -0.440. The van der Waals surface area contributed by atoms with E-state index in [1.54, 1.807) is 24.4 Å². The zero-order chi connectivity index (χ0) is 13.0. The number of nitro groups is 1. The van der Waals surface area contributed by atoms with Gasteiger partial charge in [0.1, 0.15) is 6.20 Å². The second-order valence-electron chi connectivity index (χ2n) is 3.53. The van der Waals surface area contributed by atoms with E-state index in [9.17, 15) is 10.1 Å². The maximum atomic E-state index is 10.5. The number of nitro benzene ring substituents is 1. The average Bonchev–Trinajstić information content (AvgIpc) is 2.40. The summed E-state index contributed by atoms with van der Waals surface area (Å²) in [4.78, 5) is 14.2. The smallest absolute Gasteiger partial charge is 0.258 e. The van der Waals surface area contributed by atoms with Gasteiger partial charge >= 0.3 is 5.82 Å². The minimum Gasteiger partial charge on any atom is -0.258 e. The summed E-state index contributed by atoms with van der Waals surface area (Å²) in [7, 11) is 0. The molecule has 0 unspecified atom stereocenters. The van der Waals surface area contributed by atoms with E-state index in [0.717, 1.165) is 0 Å². The second kappa shape index (κ2) is 5.05. The van der Waals surface area contributed by atoms with Gasteiger partial charge in [0.2, 0.25) is 0 Å². The van der Waals surface area contributed by atoms with Crippen LogP contribution in [0.1, 0.15) is 0 Å². The first kappa shape index (κ1) is 11.7. The molecule has 1 N–H and O–H groups in total. The van der Waals surface area contributed by atoms with Crippen molar-refractivity contribution in [1.29, 1.82) is 0 Å². The van der Waals surface area contributed by atoms with Gasteiger partial charge < -0.3 is 0 Å². The Morgan fingerprint density at radius 3 is 2.44 bits per heavy atom. The quantitative estimate of drug-likeness (QED) is 0.387. The van der Waals surface area contributed by atoms with Gasteiger partial charge in [-0.05, 0) is 23.2 Å². The molecule has 0 saturated carbocycles. The van der Waals surface area contributed by atoms with Crippen LogP contribution >= 0.6 is 0 Å². The Kier molecular flexibility index (Phi) is 3.29. The van der Waals surface area contributed by atoms with Crippen molar-refractivity contribution in [3.05, 3.63) is 58.8 Å². The molecular weight excluding hydrogens is 232 g/mol. The monoisotopic (exact) mass is 243 g/mol. The molecular formula is C12H11N4O2+. The molecule has 2 aromatic rings. The molecule has 6 heteroatoms. The van der Waals surface area contributed by atoms with E-state index in [2.05, 4.69) is 17.1 Å². The summed E-state index contributed by atoms with van der Waals surface area (Å²) in [5.41, 5.74) is 3.71. The summed E-state index contributed by atoms with van der Waals surface area (Å²) in [6.07, 6.45) is 1.66. The summed E-state index contributed by atoms with van der Waals surface area (Å²) < 4.78 is 1.49. The third kappa shape index (κ3) is 2.67. The van der Waals surface area contributed by atoms with Crippen LogP contribution in [0.5, 0.6) is 0 Å². The predicted octanol–water partition coefficient (Wildman–Crippen LogP) is 2.36. The average molecular weight is 243 g/mol. The van der Waals surface area contributed by atoms with Crippen molar-refractivity contribution in [1.82, 2.24) is 4.98 Å². The summed E-state index contributed by atoms with van der Waals surface area (Å²) in [5.74, 6) is 0.649. The molecule has 0 saturated heterocycles. The SMILES string of the molecule is C=[N+](Nc1ccc([N+](=O)[O-])cc1)c1ccccn1. The lowest BCUT2D eigenvalue weighted by Crippen LogP contribution is -2.12. The predicted molar refractivity (Wildman–Crippen MR) is 68.0 cm³/mol. The number of benzene rings is 1. The van der Waals surface area contributed by atoms with Crippen LogP contribution in [-0.4, -0.2) is 21.3 Å². The van der Waals surface area contributed by atoms with Gasteiger partial charge in [-0.15, -0.1) is 4.68 Å². The number of nitrogens with zero attached hydrogens (tertiary/aromatic N) is 3. The third-order valence-electron chi connectivity index (χ3n) is 2.27. The number of hydrazine groups is 1. The van der Waals surface area contributed by atoms with Gasteiger partial charge in [0.25, 0.3) is 5.69 Å². The lowest BCUT2D eigenvalue weighted by Gasteiger charge is -2.04. The Bertz CT molecular complexity index is 566. The number of nitrogens with one attached hydrogen (secondary N) is 1. The van der Waals surface area contributed by atoms with E-state index in [4.69, 9.17) is 0 Å². The van der Waals surface area contributed by atoms with E-state index >= 15 is 0 Å². The van der Waals surface area contributed by atoms with Crippen molar-refractivity contribution < 1.29 is 9.61 Å². The Balaban J connectivity index is 2.10. The summed E-state index contributed by atoms with van der Waals surface area (Å²) >= 11 is 0. The van der Waals surface area contributed by atoms with Crippen LogP contribution < -0.4 is 5.43 Å². The van der Waals surface area contributed by atoms with Gasteiger partial charge in [-0.1, -0.05) is 6.07 Å². The Hall–Kier alpha value is -2.76. The topological polar surface area (TPSA) is 71.1 Å². The van der Waals surface area contributed by atoms with Gasteiger partial charge in [0, 0.05) is 18.2 Å². The molecule has 18 heavy (non-hydrogen) atoms. The standard InChI is InChI=1S/C12H11N4O2/c1-15(12-4-2-3-9-13-12)14-10-5-7-11(8-6-10)16(17)18/h2-9,14H,1H2/q+1. The molecule has 0 amide bonds. The molecule has 6 nitrogen and oxygen atoms in total. The molecule has 2 rings (SSSR count). The van der Waals surface area contributed by atoms with E-state index < -0.39 is 4.92 Å². The number of hydrogen-bond donors (Lipinski definition) is 1. The second-order valence-corrected chi connectivity index (χ2v) is 3.53. The highest BCUT2D eigenvalue weighted by Crippen LogP contribution is 2.16. The molecule has 0 radical (unpaired) electrons. The summed E-state index contributed by atoms with van der Waals surface area (Å²) in [6.45, 7) is 3.79. The van der Waals surface area contributed by atoms with E-state index in [-0.39, 0.29) is 5.69 Å². The van der Waals surface area contributed by atoms with Crippen LogP contribution in [0.4, 0.5) is 17.2 Å². The Labute approximate surface area is 103 Å². The molecule has 0 atom stereocenters. The van der Waals surface area contributed by atoms with Crippen LogP contribution in [0.15, 0.2) is 48.7 Å². The minimum absolute atomic E-state index is 0.0500. The van der Waals surface area contributed by atoms with Crippen molar-refractivity contribution in [3.8, 4) is 0 Å². The first-order valence-corrected chi connectivity index (χ1v) is 5.19. The van der Waals surface area contributed by atoms with E-state index in [1.807, 2.05) is 12.1 Å². The van der Waals surface area contributed by atoms with Gasteiger partial charge in [-0.2, -0.15) is 0 Å². The lowest BCUT2D eigenvalue weighted by molar-refractivity contribution is -0.399. The van der Waals surface area contributed by atoms with Crippen LogP contribution in [0.3, 0.4) is 0 Å². The van der Waals surface area contributed by atoms with Crippen molar-refractivity contribution in [2.75, 3.05) is 5.43 Å². The Morgan fingerprint density at radius 2 is 1.89 bits per heavy atom. The highest BCUT2D eigenvalue weighted by Gasteiger charge is 2.08. The van der Waals surface area contributed by atoms with E-state index in [1.165, 1.54) is 16.8 Å². The molecule has 90 valence electrons. The van der Waals surface area contributed by atoms with Crippen molar-refractivity contribution >= 4 is 23.9 Å². The fourth-order valence-corrected chi connectivity index (χ4v) is 1.38. The maximum Gasteiger partial charge on any atom is 0.345 e. The number of anilines is 1. The molecule has 0 aliphatic carbocycles. The molecule has 1 aromatic heterocycles. The molecule has 0 aliphatic heterocycles. The van der Waals surface area contributed by atoms with Crippen LogP contribution in [0.2, 0.25) is 0 Å². The van der Waals surface area contributed by atoms with E-state index in [0.29, 0.717) is 11.5 Å². The first-order valence-electron chi connectivity index (χ1n) is 5.19. The van der Waals surface area contributed by atoms with Crippen LogP contribution in [-0.2, 0) is 0 Å². The van der Waals surface area contributed by atoms with Gasteiger partial charge in [0.05, 0.1) is 17.3 Å². The normalized spacial score (nSPS) is 9.78. The zero-order valence-corrected chi connectivity index (χ0v) is 9.48. The molecule has 0 bridgehead atoms. The van der Waals surface area contributed by atoms with Crippen LogP contribution in [0, 0.1) is 10.1 Å². The fraction of sp³-hybridized carbons (Fsp3) is 0. The third-order valence-corrected chi connectivity index (χ3v) is 2.27. The fourth-order valence-electron chi connectivity index (χ4n) is 1.38. The van der Waals surface area contributed by atoms with Gasteiger partial charge in [-0.25, -0.2) is 5.43 Å². The summed E-state index contributed by atoms with van der Waals surface area (Å²) in [5, 5.41) is 10.5. The summed E-state index contributed by atoms with van der Waals surface area (Å²) in [6, 6.07) is 11.5. The first-order chi connectivity index (χ1) is 8.66. The zero-order valence-electron chi connectivity index (χ0n) is 9.48. The molecule has 1 heterocycles. The largest absolute Gasteiger partial charge is 0.345 e. The number of hydrogen-bond acceptors (Lipinski definition) is 4. The molecule has 0 fully saturated rings. The Morgan fingerprint density at radius 1 is 1.17 bits per heavy atom. The van der Waals surface area contributed by atoms with Crippen LogP contribution in [0.25, 0.3) is 0 Å². The van der Waals surface area contributed by atoms with Crippen molar-refractivity contribution in [3.63, 3.8) is 0 Å². The number of hydrazone groups is 1. The highest BCUT2D eigenvalue weighted by atomic mass is 16.6. The van der Waals surface area contributed by atoms with Crippen molar-refractivity contribution in [2.24, 2.45) is 0 Å². The van der Waals surface area contributed by atoms with Gasteiger partial charge in [-0.3, -0.25) is 10.1 Å². The molecule has 0 spiro atoms. The maximum absolute atomic E-state index is 10.5. The van der Waals surface area contributed by atoms with Crippen molar-refractivity contribution in [2.45, 2.75) is 0 Å².